The van der Waals surface area contributed by atoms with Gasteiger partial charge in [0.1, 0.15) is 5.56 Å². The number of hydrogen-bond acceptors (Lipinski definition) is 4. The maximum atomic E-state index is 13.6. The normalized spacial score (nSPS) is 12.7. The fourth-order valence-electron chi connectivity index (χ4n) is 4.15. The highest BCUT2D eigenvalue weighted by Crippen LogP contribution is 2.32. The molecule has 4 rings (SSSR count). The minimum absolute atomic E-state index is 0.000666. The number of nitriles is 1. The number of nitrogens with one attached hydrogen (secondary N) is 2. The second kappa shape index (κ2) is 11.1. The van der Waals surface area contributed by atoms with Crippen molar-refractivity contribution in [2.45, 2.75) is 24.5 Å². The summed E-state index contributed by atoms with van der Waals surface area (Å²) < 4.78 is 56.4. The Morgan fingerprint density at radius 3 is 2.35 bits per heavy atom. The number of aromatic nitrogens is 1. The van der Waals surface area contributed by atoms with E-state index in [0.29, 0.717) is 21.8 Å². The molecule has 11 heteroatoms. The highest BCUT2D eigenvalue weighted by atomic mass is 32.2. The molecule has 0 saturated carbocycles. The van der Waals surface area contributed by atoms with E-state index in [-0.39, 0.29) is 23.2 Å². The molecule has 3 aromatic carbocycles. The van der Waals surface area contributed by atoms with Crippen LogP contribution < -0.4 is 15.5 Å². The van der Waals surface area contributed by atoms with Crippen molar-refractivity contribution in [3.8, 4) is 23.0 Å². The molecule has 0 bridgehead atoms. The van der Waals surface area contributed by atoms with E-state index in [0.717, 1.165) is 12.1 Å². The fourth-order valence-corrected chi connectivity index (χ4v) is 4.99. The summed E-state index contributed by atoms with van der Waals surface area (Å²) in [6.45, 7) is 1.61. The van der Waals surface area contributed by atoms with E-state index < -0.39 is 32.8 Å². The van der Waals surface area contributed by atoms with Gasteiger partial charge in [-0.1, -0.05) is 42.5 Å². The van der Waals surface area contributed by atoms with E-state index in [1.54, 1.807) is 60.1 Å². The number of rotatable bonds is 7. The van der Waals surface area contributed by atoms with Crippen LogP contribution in [0.5, 0.6) is 0 Å². The van der Waals surface area contributed by atoms with Crippen molar-refractivity contribution in [1.82, 2.24) is 14.6 Å². The Bertz CT molecular complexity index is 1770. The minimum atomic E-state index is -4.61. The Morgan fingerprint density at radius 1 is 1.05 bits per heavy atom. The first-order valence-electron chi connectivity index (χ1n) is 11.8. The molecule has 0 fully saturated rings. The van der Waals surface area contributed by atoms with Gasteiger partial charge in [0, 0.05) is 29.7 Å². The van der Waals surface area contributed by atoms with Crippen molar-refractivity contribution in [3.63, 3.8) is 0 Å². The maximum Gasteiger partial charge on any atom is 0.416 e. The molecule has 1 aromatic heterocycles. The number of nitrogens with zero attached hydrogens (tertiary/aromatic N) is 2. The number of alkyl halides is 3. The van der Waals surface area contributed by atoms with Crippen molar-refractivity contribution in [2.75, 3.05) is 0 Å². The van der Waals surface area contributed by atoms with Crippen LogP contribution in [-0.2, 0) is 22.4 Å². The van der Waals surface area contributed by atoms with Crippen LogP contribution in [0.1, 0.15) is 27.2 Å². The summed E-state index contributed by atoms with van der Waals surface area (Å²) in [5, 5.41) is 11.4. The lowest BCUT2D eigenvalue weighted by molar-refractivity contribution is -0.137. The van der Waals surface area contributed by atoms with E-state index in [2.05, 4.69) is 15.9 Å². The Kier molecular flexibility index (Phi) is 7.84. The number of para-hydroxylation sites is 1. The number of benzene rings is 3. The molecule has 4 aromatic rings. The quantitative estimate of drug-likeness (QED) is 0.191. The summed E-state index contributed by atoms with van der Waals surface area (Å²) in [6.07, 6.45) is -1.64. The molecule has 1 unspecified atom stereocenters. The second-order valence-electron chi connectivity index (χ2n) is 8.83. The molecule has 0 aliphatic heterocycles. The third-order valence-electron chi connectivity index (χ3n) is 6.18. The first-order valence-corrected chi connectivity index (χ1v) is 13.5. The molecule has 7 nitrogen and oxygen atoms in total. The predicted molar refractivity (Wildman–Crippen MR) is 147 cm³/mol. The van der Waals surface area contributed by atoms with Gasteiger partial charge in [0.15, 0.2) is 6.19 Å². The Morgan fingerprint density at radius 2 is 1.73 bits per heavy atom. The van der Waals surface area contributed by atoms with Crippen LogP contribution in [0.2, 0.25) is 0 Å². The number of carbonyl (C=O) groups excluding carboxylic acids is 1. The average molecular weight is 565 g/mol. The minimum Gasteiger partial charge on any atom is -0.348 e. The molecule has 0 radical (unpaired) electrons. The van der Waals surface area contributed by atoms with Crippen molar-refractivity contribution >= 4 is 21.5 Å². The lowest BCUT2D eigenvalue weighted by Crippen LogP contribution is -2.30. The summed E-state index contributed by atoms with van der Waals surface area (Å²) in [4.78, 5) is 27.1. The van der Waals surface area contributed by atoms with Crippen molar-refractivity contribution in [2.24, 2.45) is 0 Å². The molecule has 0 saturated heterocycles. The van der Waals surface area contributed by atoms with Gasteiger partial charge >= 0.3 is 6.18 Å². The van der Waals surface area contributed by atoms with E-state index in [4.69, 9.17) is 5.26 Å². The molecule has 204 valence electrons. The standard InChI is InChI=1S/C29H23F3N4O3S/c1-19-26(21-7-6-8-22(15-21)29(30,31)32)27(37)25(17-36(19)23-9-4-3-5-10-23)28(38)34-16-20-11-13-24(14-12-20)40(2,39)35-18-33/h3-15,17H,2,16H2,1H3,(H,34,38)(H,35,39). The van der Waals surface area contributed by atoms with E-state index >= 15 is 0 Å². The topological polar surface area (TPSA) is 104 Å². The van der Waals surface area contributed by atoms with Crippen LogP contribution in [0.4, 0.5) is 13.2 Å². The average Bonchev–Trinajstić information content (AvgIpc) is 2.92. The van der Waals surface area contributed by atoms with E-state index in [9.17, 15) is 27.0 Å². The summed E-state index contributed by atoms with van der Waals surface area (Å²) >= 11 is 0. The van der Waals surface area contributed by atoms with Crippen LogP contribution in [0.25, 0.3) is 16.8 Å². The third kappa shape index (κ3) is 5.92. The Labute approximate surface area is 228 Å². The van der Waals surface area contributed by atoms with Gasteiger partial charge < -0.3 is 9.88 Å². The van der Waals surface area contributed by atoms with Crippen LogP contribution in [0, 0.1) is 18.4 Å². The molecular formula is C29H23F3N4O3S. The van der Waals surface area contributed by atoms with Gasteiger partial charge in [-0.25, -0.2) is 8.93 Å². The van der Waals surface area contributed by atoms with Gasteiger partial charge in [0.05, 0.1) is 20.2 Å². The predicted octanol–water partition coefficient (Wildman–Crippen LogP) is 4.82. The zero-order valence-corrected chi connectivity index (χ0v) is 22.0. The molecule has 0 aliphatic carbocycles. The number of amides is 1. The van der Waals surface area contributed by atoms with Crippen LogP contribution in [-0.4, -0.2) is 20.6 Å². The van der Waals surface area contributed by atoms with Gasteiger partial charge in [-0.3, -0.25) is 9.59 Å². The SMILES string of the molecule is C=S(=O)(NC#N)c1ccc(CNC(=O)c2cn(-c3ccccc3)c(C)c(-c3cccc(C(F)(F)F)c3)c2=O)cc1. The fraction of sp³-hybridized carbons (Fsp3) is 0.103. The molecule has 1 atom stereocenters. The number of hydrogen-bond donors (Lipinski definition) is 2. The Hall–Kier alpha value is -4.82. The van der Waals surface area contributed by atoms with Crippen molar-refractivity contribution in [3.05, 3.63) is 118 Å². The molecule has 2 N–H and O–H groups in total. The van der Waals surface area contributed by atoms with Crippen LogP contribution in [0.3, 0.4) is 0 Å². The van der Waals surface area contributed by atoms with Gasteiger partial charge in [0.2, 0.25) is 5.43 Å². The Balaban J connectivity index is 1.74. The van der Waals surface area contributed by atoms with Crippen molar-refractivity contribution < 1.29 is 22.2 Å². The monoisotopic (exact) mass is 564 g/mol. The molecule has 1 heterocycles. The van der Waals surface area contributed by atoms with E-state index in [1.807, 2.05) is 0 Å². The number of pyridine rings is 1. The summed E-state index contributed by atoms with van der Waals surface area (Å²) in [7, 11) is -3.00. The van der Waals surface area contributed by atoms with Gasteiger partial charge in [-0.15, -0.1) is 0 Å². The molecule has 0 spiro atoms. The largest absolute Gasteiger partial charge is 0.416 e. The number of halogens is 3. The second-order valence-corrected chi connectivity index (χ2v) is 10.9. The zero-order valence-electron chi connectivity index (χ0n) is 21.2. The summed E-state index contributed by atoms with van der Waals surface area (Å²) in [6, 6.07) is 19.4. The van der Waals surface area contributed by atoms with Crippen LogP contribution >= 0.6 is 0 Å². The highest BCUT2D eigenvalue weighted by Gasteiger charge is 2.31. The van der Waals surface area contributed by atoms with Crippen LogP contribution in [0.15, 0.2) is 94.7 Å². The first-order chi connectivity index (χ1) is 18.9. The summed E-state index contributed by atoms with van der Waals surface area (Å²) in [5.74, 6) is 2.78. The molecular weight excluding hydrogens is 541 g/mol. The van der Waals surface area contributed by atoms with Gasteiger partial charge in [-0.2, -0.15) is 18.4 Å². The highest BCUT2D eigenvalue weighted by molar-refractivity contribution is 7.98. The van der Waals surface area contributed by atoms with E-state index in [1.165, 1.54) is 30.5 Å². The third-order valence-corrected chi connectivity index (χ3v) is 7.63. The van der Waals surface area contributed by atoms with Gasteiger partial charge in [0.25, 0.3) is 5.91 Å². The molecule has 1 amide bonds. The van der Waals surface area contributed by atoms with Crippen molar-refractivity contribution in [1.29, 1.82) is 5.26 Å². The number of carbonyl (C=O) groups is 1. The lowest BCUT2D eigenvalue weighted by Gasteiger charge is -2.18. The molecule has 40 heavy (non-hydrogen) atoms. The summed E-state index contributed by atoms with van der Waals surface area (Å²) in [5.41, 5.74) is -0.278. The molecule has 0 aliphatic rings. The zero-order chi connectivity index (χ0) is 29.1. The lowest BCUT2D eigenvalue weighted by atomic mass is 9.98. The van der Waals surface area contributed by atoms with Gasteiger partial charge in [-0.05, 0) is 60.3 Å². The maximum absolute atomic E-state index is 13.6. The smallest absolute Gasteiger partial charge is 0.348 e. The first kappa shape index (κ1) is 28.2.